The number of hydrogen-bond donors (Lipinski definition) is 5. The number of likely N-dealkylation sites (tertiary alicyclic amines) is 2. The smallest absolute Gasteiger partial charge is 0.326 e. The Morgan fingerprint density at radius 3 is 2.43 bits per heavy atom. The van der Waals surface area contributed by atoms with Crippen LogP contribution in [0.4, 0.5) is 0 Å². The number of aliphatic carboxylic acids is 1. The molecule has 2 aromatic rings. The fourth-order valence-corrected chi connectivity index (χ4v) is 5.33. The number of carbonyl (C=O) groups excluding carboxylic acids is 3. The van der Waals surface area contributed by atoms with Gasteiger partial charge in [0.05, 0.1) is 6.04 Å². The van der Waals surface area contributed by atoms with Gasteiger partial charge in [-0.25, -0.2) is 4.79 Å². The Kier molecular flexibility index (Phi) is 7.66. The van der Waals surface area contributed by atoms with Crippen molar-refractivity contribution in [3.05, 3.63) is 36.0 Å². The predicted octanol–water partition coefficient (Wildman–Crippen LogP) is 0.519. The Morgan fingerprint density at radius 2 is 1.74 bits per heavy atom. The van der Waals surface area contributed by atoms with E-state index in [-0.39, 0.29) is 11.7 Å². The number of carbonyl (C=O) groups is 4. The number of benzene rings is 1. The quantitative estimate of drug-likeness (QED) is 0.333. The number of aromatic amines is 1. The molecular weight excluding hydrogens is 470 g/mol. The van der Waals surface area contributed by atoms with Gasteiger partial charge >= 0.3 is 5.97 Å². The summed E-state index contributed by atoms with van der Waals surface area (Å²) in [6.45, 7) is 0.734. The Hall–Kier alpha value is -3.05. The van der Waals surface area contributed by atoms with E-state index in [1.807, 2.05) is 30.5 Å². The van der Waals surface area contributed by atoms with E-state index in [0.717, 1.165) is 16.5 Å². The van der Waals surface area contributed by atoms with E-state index in [1.54, 1.807) is 0 Å². The molecular formula is C24H31N5O5S. The summed E-state index contributed by atoms with van der Waals surface area (Å²) in [5, 5.41) is 13.1. The van der Waals surface area contributed by atoms with Crippen molar-refractivity contribution in [3.63, 3.8) is 0 Å². The van der Waals surface area contributed by atoms with Crippen molar-refractivity contribution in [2.75, 3.05) is 18.8 Å². The minimum Gasteiger partial charge on any atom is -0.480 e. The SMILES string of the molecule is NC(Cc1c[nH]c2ccccc12)C(=O)N1CCCC1C(=O)NC(CS)C(=O)N1CCCC1C(=O)O. The maximum atomic E-state index is 13.2. The number of amides is 3. The van der Waals surface area contributed by atoms with Gasteiger partial charge in [0.15, 0.2) is 0 Å². The molecule has 2 aliphatic heterocycles. The van der Waals surface area contributed by atoms with Crippen LogP contribution in [-0.4, -0.2) is 86.6 Å². The third kappa shape index (κ3) is 5.15. The highest BCUT2D eigenvalue weighted by molar-refractivity contribution is 7.80. The predicted molar refractivity (Wildman–Crippen MR) is 133 cm³/mol. The Bertz CT molecular complexity index is 1120. The van der Waals surface area contributed by atoms with Gasteiger partial charge in [0.25, 0.3) is 0 Å². The first-order valence-electron chi connectivity index (χ1n) is 11.9. The van der Waals surface area contributed by atoms with Crippen molar-refractivity contribution in [2.24, 2.45) is 5.73 Å². The number of carboxylic acids is 1. The third-order valence-electron chi connectivity index (χ3n) is 6.89. The van der Waals surface area contributed by atoms with Gasteiger partial charge in [0, 0.05) is 35.9 Å². The molecule has 0 saturated carbocycles. The largest absolute Gasteiger partial charge is 0.480 e. The number of rotatable bonds is 8. The first-order chi connectivity index (χ1) is 16.8. The van der Waals surface area contributed by atoms with Gasteiger partial charge in [0.1, 0.15) is 18.1 Å². The van der Waals surface area contributed by atoms with Crippen LogP contribution in [0.1, 0.15) is 31.2 Å². The molecule has 3 heterocycles. The van der Waals surface area contributed by atoms with Crippen LogP contribution in [0.5, 0.6) is 0 Å². The summed E-state index contributed by atoms with van der Waals surface area (Å²) in [4.78, 5) is 56.7. The van der Waals surface area contributed by atoms with E-state index in [0.29, 0.717) is 45.2 Å². The second-order valence-electron chi connectivity index (χ2n) is 9.13. The molecule has 0 spiro atoms. The Balaban J connectivity index is 1.40. The van der Waals surface area contributed by atoms with Crippen LogP contribution in [0.2, 0.25) is 0 Å². The van der Waals surface area contributed by atoms with Crippen LogP contribution in [0.3, 0.4) is 0 Å². The minimum absolute atomic E-state index is 0.0220. The number of hydrogen-bond acceptors (Lipinski definition) is 6. The van der Waals surface area contributed by atoms with Crippen LogP contribution in [0, 0.1) is 0 Å². The lowest BCUT2D eigenvalue weighted by molar-refractivity contribution is -0.149. The van der Waals surface area contributed by atoms with E-state index in [1.165, 1.54) is 9.80 Å². The van der Waals surface area contributed by atoms with Crippen molar-refractivity contribution in [2.45, 2.75) is 56.3 Å². The number of nitrogens with zero attached hydrogens (tertiary/aromatic N) is 2. The molecule has 3 amide bonds. The molecule has 4 rings (SSSR count). The normalized spacial score (nSPS) is 21.8. The topological polar surface area (TPSA) is 149 Å². The van der Waals surface area contributed by atoms with Crippen molar-refractivity contribution in [1.29, 1.82) is 0 Å². The zero-order valence-corrected chi connectivity index (χ0v) is 20.2. The van der Waals surface area contributed by atoms with E-state index in [4.69, 9.17) is 5.73 Å². The highest BCUT2D eigenvalue weighted by Crippen LogP contribution is 2.23. The number of H-pyrrole nitrogens is 1. The molecule has 11 heteroatoms. The van der Waals surface area contributed by atoms with E-state index in [2.05, 4.69) is 22.9 Å². The first-order valence-corrected chi connectivity index (χ1v) is 12.5. The van der Waals surface area contributed by atoms with Crippen LogP contribution in [0.15, 0.2) is 30.5 Å². The molecule has 5 N–H and O–H groups in total. The van der Waals surface area contributed by atoms with Gasteiger partial charge in [-0.1, -0.05) is 18.2 Å². The van der Waals surface area contributed by atoms with Crippen molar-refractivity contribution < 1.29 is 24.3 Å². The number of nitrogens with two attached hydrogens (primary N) is 1. The second-order valence-corrected chi connectivity index (χ2v) is 9.50. The van der Waals surface area contributed by atoms with Crippen LogP contribution in [0.25, 0.3) is 10.9 Å². The maximum Gasteiger partial charge on any atom is 0.326 e. The summed E-state index contributed by atoms with van der Waals surface area (Å²) in [6, 6.07) is 4.36. The molecule has 2 aliphatic rings. The van der Waals surface area contributed by atoms with Gasteiger partial charge in [-0.2, -0.15) is 12.6 Å². The lowest BCUT2D eigenvalue weighted by atomic mass is 10.0. The van der Waals surface area contributed by atoms with E-state index in [9.17, 15) is 24.3 Å². The summed E-state index contributed by atoms with van der Waals surface area (Å²) >= 11 is 4.21. The average molecular weight is 502 g/mol. The van der Waals surface area contributed by atoms with Gasteiger partial charge in [-0.15, -0.1) is 0 Å². The summed E-state index contributed by atoms with van der Waals surface area (Å²) in [5.41, 5.74) is 8.17. The van der Waals surface area contributed by atoms with Crippen molar-refractivity contribution in [1.82, 2.24) is 20.1 Å². The third-order valence-corrected chi connectivity index (χ3v) is 7.25. The Labute approximate surface area is 208 Å². The molecule has 2 saturated heterocycles. The summed E-state index contributed by atoms with van der Waals surface area (Å²) < 4.78 is 0. The first kappa shape index (κ1) is 25.1. The molecule has 10 nitrogen and oxygen atoms in total. The fraction of sp³-hybridized carbons (Fsp3) is 0.500. The van der Waals surface area contributed by atoms with E-state index < -0.39 is 42.0 Å². The van der Waals surface area contributed by atoms with Gasteiger partial charge in [-0.05, 0) is 43.7 Å². The molecule has 35 heavy (non-hydrogen) atoms. The van der Waals surface area contributed by atoms with Crippen LogP contribution < -0.4 is 11.1 Å². The van der Waals surface area contributed by atoms with Gasteiger partial charge in [-0.3, -0.25) is 14.4 Å². The lowest BCUT2D eigenvalue weighted by Crippen LogP contribution is -2.57. The highest BCUT2D eigenvalue weighted by atomic mass is 32.1. The molecule has 4 atom stereocenters. The molecule has 0 bridgehead atoms. The summed E-state index contributed by atoms with van der Waals surface area (Å²) in [7, 11) is 0. The summed E-state index contributed by atoms with van der Waals surface area (Å²) in [6.07, 6.45) is 4.26. The number of fused-ring (bicyclic) bond motifs is 1. The van der Waals surface area contributed by atoms with Gasteiger partial charge in [0.2, 0.25) is 17.7 Å². The second kappa shape index (κ2) is 10.7. The summed E-state index contributed by atoms with van der Waals surface area (Å²) in [5.74, 6) is -2.27. The van der Waals surface area contributed by atoms with Gasteiger partial charge < -0.3 is 30.9 Å². The zero-order valence-electron chi connectivity index (χ0n) is 19.4. The maximum absolute atomic E-state index is 13.2. The van der Waals surface area contributed by atoms with Crippen LogP contribution >= 0.6 is 12.6 Å². The lowest BCUT2D eigenvalue weighted by Gasteiger charge is -2.30. The monoisotopic (exact) mass is 501 g/mol. The minimum atomic E-state index is -1.06. The standard InChI is InChI=1S/C24H31N5O5S/c25-16(11-14-12-26-17-6-2-1-5-15(14)17)22(31)28-9-3-7-19(28)21(30)27-18(13-35)23(32)29-10-4-8-20(29)24(33)34/h1-2,5-6,12,16,18-20,26,35H,3-4,7-11,13,25H2,(H,27,30)(H,33,34). The molecule has 1 aromatic carbocycles. The fourth-order valence-electron chi connectivity index (χ4n) is 5.08. The molecule has 4 unspecified atom stereocenters. The average Bonchev–Trinajstić information content (AvgIpc) is 3.61. The number of thiol groups is 1. The molecule has 0 radical (unpaired) electrons. The van der Waals surface area contributed by atoms with E-state index >= 15 is 0 Å². The molecule has 2 fully saturated rings. The number of nitrogens with one attached hydrogen (secondary N) is 2. The zero-order chi connectivity index (χ0) is 25.1. The molecule has 188 valence electrons. The van der Waals surface area contributed by atoms with Crippen molar-refractivity contribution in [3.8, 4) is 0 Å². The molecule has 1 aromatic heterocycles. The Morgan fingerprint density at radius 1 is 1.09 bits per heavy atom. The number of para-hydroxylation sites is 1. The molecule has 0 aliphatic carbocycles. The van der Waals surface area contributed by atoms with Crippen LogP contribution in [-0.2, 0) is 25.6 Å². The highest BCUT2D eigenvalue weighted by Gasteiger charge is 2.40. The van der Waals surface area contributed by atoms with Crippen molar-refractivity contribution >= 4 is 47.2 Å². The number of carboxylic acid groups (broad SMARTS) is 1. The number of aromatic nitrogens is 1.